The SMILES string of the molecule is CC(=O)N1CCC2CCCC(CN(C(=O)CCn3ccnc3)Cc3ccccc31)N2Cc1nccs1. The van der Waals surface area contributed by atoms with E-state index < -0.39 is 0 Å². The molecule has 1 aromatic carbocycles. The molecule has 2 aliphatic heterocycles. The zero-order valence-electron chi connectivity index (χ0n) is 20.8. The zero-order valence-corrected chi connectivity index (χ0v) is 21.6. The molecule has 190 valence electrons. The molecule has 2 bridgehead atoms. The van der Waals surface area contributed by atoms with Gasteiger partial charge in [0.1, 0.15) is 5.01 Å². The Morgan fingerprint density at radius 3 is 2.75 bits per heavy atom. The van der Waals surface area contributed by atoms with Crippen molar-refractivity contribution in [3.8, 4) is 0 Å². The summed E-state index contributed by atoms with van der Waals surface area (Å²) < 4.78 is 1.95. The van der Waals surface area contributed by atoms with Crippen molar-refractivity contribution in [3.05, 3.63) is 65.1 Å². The molecule has 9 heteroatoms. The fraction of sp³-hybridized carbons (Fsp3) is 0.481. The Labute approximate surface area is 216 Å². The van der Waals surface area contributed by atoms with Crippen LogP contribution in [0.4, 0.5) is 5.69 Å². The predicted octanol–water partition coefficient (Wildman–Crippen LogP) is 3.94. The molecule has 0 saturated carbocycles. The molecule has 3 aromatic rings. The monoisotopic (exact) mass is 506 g/mol. The summed E-state index contributed by atoms with van der Waals surface area (Å²) in [7, 11) is 0. The molecule has 8 nitrogen and oxygen atoms in total. The van der Waals surface area contributed by atoms with Crippen LogP contribution in [-0.4, -0.2) is 61.3 Å². The lowest BCUT2D eigenvalue weighted by Gasteiger charge is -2.43. The number of imidazole rings is 1. The summed E-state index contributed by atoms with van der Waals surface area (Å²) in [5.41, 5.74) is 1.94. The number of amides is 2. The van der Waals surface area contributed by atoms with Crippen molar-refractivity contribution in [1.82, 2.24) is 24.3 Å². The van der Waals surface area contributed by atoms with Crippen molar-refractivity contribution >= 4 is 28.8 Å². The van der Waals surface area contributed by atoms with Gasteiger partial charge in [-0.25, -0.2) is 9.97 Å². The van der Waals surface area contributed by atoms with Crippen LogP contribution in [0.15, 0.2) is 54.6 Å². The maximum atomic E-state index is 13.6. The summed E-state index contributed by atoms with van der Waals surface area (Å²) >= 11 is 1.68. The number of rotatable bonds is 5. The van der Waals surface area contributed by atoms with E-state index in [4.69, 9.17) is 0 Å². The number of carbonyl (C=O) groups is 2. The highest BCUT2D eigenvalue weighted by atomic mass is 32.1. The van der Waals surface area contributed by atoms with Gasteiger partial charge in [-0.05, 0) is 30.9 Å². The van der Waals surface area contributed by atoms with Crippen LogP contribution in [0.5, 0.6) is 0 Å². The Bertz CT molecular complexity index is 1150. The van der Waals surface area contributed by atoms with Gasteiger partial charge in [-0.3, -0.25) is 14.5 Å². The number of anilines is 1. The minimum absolute atomic E-state index is 0.0403. The summed E-state index contributed by atoms with van der Waals surface area (Å²) in [6.07, 6.45) is 11.9. The number of benzene rings is 1. The first-order valence-electron chi connectivity index (χ1n) is 12.8. The molecule has 2 unspecified atom stereocenters. The van der Waals surface area contributed by atoms with E-state index in [1.54, 1.807) is 30.8 Å². The van der Waals surface area contributed by atoms with E-state index in [0.29, 0.717) is 38.6 Å². The minimum Gasteiger partial charge on any atom is -0.337 e. The molecule has 0 spiro atoms. The first kappa shape index (κ1) is 24.6. The van der Waals surface area contributed by atoms with Crippen LogP contribution >= 0.6 is 11.3 Å². The molecule has 0 N–H and O–H groups in total. The lowest BCUT2D eigenvalue weighted by Crippen LogP contribution is -2.52. The van der Waals surface area contributed by atoms with Crippen molar-refractivity contribution in [1.29, 1.82) is 0 Å². The minimum atomic E-state index is 0.0403. The standard InChI is InChI=1S/C27H34N6O2S/c1-21(34)32-14-9-23-6-4-7-24(33(23)19-26-29-12-16-36-26)18-31(17-22-5-2-3-8-25(22)32)27(35)10-13-30-15-11-28-20-30/h2-3,5,8,11-12,15-16,20,23-24H,4,6-7,9-10,13-14,17-19H2,1H3. The first-order chi connectivity index (χ1) is 17.6. The molecule has 36 heavy (non-hydrogen) atoms. The molecule has 2 amide bonds. The van der Waals surface area contributed by atoms with Gasteiger partial charge in [-0.15, -0.1) is 11.3 Å². The molecule has 0 radical (unpaired) electrons. The Kier molecular flexibility index (Phi) is 7.77. The van der Waals surface area contributed by atoms with Crippen LogP contribution in [0.1, 0.15) is 49.6 Å². The average Bonchev–Trinajstić information content (AvgIpc) is 3.58. The van der Waals surface area contributed by atoms with Gasteiger partial charge < -0.3 is 14.4 Å². The second-order valence-corrected chi connectivity index (χ2v) is 10.7. The second-order valence-electron chi connectivity index (χ2n) is 9.75. The van der Waals surface area contributed by atoms with Gasteiger partial charge in [0, 0.05) is 81.3 Å². The number of aryl methyl sites for hydroxylation is 1. The highest BCUT2D eigenvalue weighted by Crippen LogP contribution is 2.32. The smallest absolute Gasteiger partial charge is 0.224 e. The zero-order chi connectivity index (χ0) is 24.9. The van der Waals surface area contributed by atoms with Crippen LogP contribution < -0.4 is 4.90 Å². The summed E-state index contributed by atoms with van der Waals surface area (Å²) in [6.45, 7) is 4.88. The maximum Gasteiger partial charge on any atom is 0.224 e. The second kappa shape index (κ2) is 11.3. The van der Waals surface area contributed by atoms with E-state index in [9.17, 15) is 9.59 Å². The van der Waals surface area contributed by atoms with E-state index in [-0.39, 0.29) is 17.9 Å². The predicted molar refractivity (Wildman–Crippen MR) is 140 cm³/mol. The molecule has 2 aliphatic rings. The van der Waals surface area contributed by atoms with Crippen molar-refractivity contribution in [2.45, 2.75) is 70.7 Å². The van der Waals surface area contributed by atoms with Gasteiger partial charge in [-0.2, -0.15) is 0 Å². The fourth-order valence-corrected chi connectivity index (χ4v) is 6.24. The van der Waals surface area contributed by atoms with Crippen molar-refractivity contribution in [2.75, 3.05) is 18.0 Å². The Hall–Kier alpha value is -3.04. The summed E-state index contributed by atoms with van der Waals surface area (Å²) in [5.74, 6) is 0.168. The highest BCUT2D eigenvalue weighted by molar-refractivity contribution is 7.09. The van der Waals surface area contributed by atoms with Crippen molar-refractivity contribution < 1.29 is 9.59 Å². The molecular formula is C27H34N6O2S. The van der Waals surface area contributed by atoms with Crippen LogP contribution in [-0.2, 0) is 29.2 Å². The number of fused-ring (bicyclic) bond motifs is 3. The van der Waals surface area contributed by atoms with Gasteiger partial charge in [0.05, 0.1) is 12.9 Å². The number of piperidine rings is 1. The van der Waals surface area contributed by atoms with Gasteiger partial charge >= 0.3 is 0 Å². The fourth-order valence-electron chi connectivity index (χ4n) is 5.62. The molecule has 4 heterocycles. The average molecular weight is 507 g/mol. The summed E-state index contributed by atoms with van der Waals surface area (Å²) in [5, 5.41) is 3.13. The number of para-hydroxylation sites is 1. The Morgan fingerprint density at radius 1 is 1.11 bits per heavy atom. The molecule has 0 aliphatic carbocycles. The lowest BCUT2D eigenvalue weighted by molar-refractivity contribution is -0.133. The third-order valence-corrected chi connectivity index (χ3v) is 8.21. The molecule has 1 saturated heterocycles. The first-order valence-corrected chi connectivity index (χ1v) is 13.7. The topological polar surface area (TPSA) is 74.6 Å². The number of hydrogen-bond donors (Lipinski definition) is 0. The largest absolute Gasteiger partial charge is 0.337 e. The van der Waals surface area contributed by atoms with Crippen molar-refractivity contribution in [2.24, 2.45) is 0 Å². The number of nitrogens with zero attached hydrogens (tertiary/aromatic N) is 6. The van der Waals surface area contributed by atoms with Gasteiger partial charge in [-0.1, -0.05) is 24.6 Å². The molecule has 2 aromatic heterocycles. The number of hydrogen-bond acceptors (Lipinski definition) is 6. The van der Waals surface area contributed by atoms with Gasteiger partial charge in [0.2, 0.25) is 11.8 Å². The summed E-state index contributed by atoms with van der Waals surface area (Å²) in [4.78, 5) is 41.6. The molecule has 1 fully saturated rings. The van der Waals surface area contributed by atoms with E-state index in [0.717, 1.165) is 48.5 Å². The normalized spacial score (nSPS) is 21.0. The van der Waals surface area contributed by atoms with Crippen molar-refractivity contribution in [3.63, 3.8) is 0 Å². The van der Waals surface area contributed by atoms with E-state index in [1.165, 1.54) is 0 Å². The van der Waals surface area contributed by atoms with E-state index in [2.05, 4.69) is 20.9 Å². The third kappa shape index (κ3) is 5.68. The Morgan fingerprint density at radius 2 is 1.97 bits per heavy atom. The van der Waals surface area contributed by atoms with E-state index in [1.807, 2.05) is 50.3 Å². The van der Waals surface area contributed by atoms with Crippen LogP contribution in [0, 0.1) is 0 Å². The third-order valence-electron chi connectivity index (χ3n) is 7.45. The molecule has 5 rings (SSSR count). The molecular weight excluding hydrogens is 472 g/mol. The number of aromatic nitrogens is 3. The Balaban J connectivity index is 1.48. The highest BCUT2D eigenvalue weighted by Gasteiger charge is 2.34. The summed E-state index contributed by atoms with van der Waals surface area (Å²) in [6, 6.07) is 8.66. The quantitative estimate of drug-likeness (QED) is 0.524. The maximum absolute atomic E-state index is 13.6. The lowest BCUT2D eigenvalue weighted by atomic mass is 9.92. The van der Waals surface area contributed by atoms with Crippen LogP contribution in [0.2, 0.25) is 0 Å². The van der Waals surface area contributed by atoms with Crippen LogP contribution in [0.25, 0.3) is 0 Å². The van der Waals surface area contributed by atoms with Gasteiger partial charge in [0.15, 0.2) is 0 Å². The van der Waals surface area contributed by atoms with Crippen LogP contribution in [0.3, 0.4) is 0 Å². The molecule has 2 atom stereocenters. The number of carbonyl (C=O) groups excluding carboxylic acids is 2. The number of thiazole rings is 1. The van der Waals surface area contributed by atoms with Gasteiger partial charge in [0.25, 0.3) is 0 Å². The van der Waals surface area contributed by atoms with E-state index >= 15 is 0 Å².